The van der Waals surface area contributed by atoms with Gasteiger partial charge in [-0.15, -0.1) is 0 Å². The van der Waals surface area contributed by atoms with Crippen LogP contribution in [0.1, 0.15) is 35.1 Å². The Hall–Kier alpha value is -3.06. The molecule has 2 aromatic rings. The third-order valence-electron chi connectivity index (χ3n) is 5.93. The van der Waals surface area contributed by atoms with Crippen LogP contribution in [0.2, 0.25) is 0 Å². The second-order valence-electron chi connectivity index (χ2n) is 8.08. The lowest BCUT2D eigenvalue weighted by Gasteiger charge is -2.29. The first-order valence-corrected chi connectivity index (χ1v) is 10.7. The number of halogens is 1. The van der Waals surface area contributed by atoms with Crippen LogP contribution in [0.4, 0.5) is 15.8 Å². The molecule has 0 aromatic heterocycles. The number of anilines is 2. The van der Waals surface area contributed by atoms with Gasteiger partial charge in [0.15, 0.2) is 5.11 Å². The molecular weight excluding hydrogens is 413 g/mol. The van der Waals surface area contributed by atoms with E-state index in [-0.39, 0.29) is 16.5 Å². The number of rotatable bonds is 3. The molecule has 2 aliphatic rings. The van der Waals surface area contributed by atoms with Crippen LogP contribution in [0.25, 0.3) is 6.08 Å². The second-order valence-corrected chi connectivity index (χ2v) is 8.47. The Morgan fingerprint density at radius 2 is 1.71 bits per heavy atom. The maximum Gasteiger partial charge on any atom is 0.270 e. The molecule has 2 amide bonds. The molecular formula is C24H24FN3O2S. The molecule has 0 spiro atoms. The molecule has 0 saturated carbocycles. The zero-order valence-corrected chi connectivity index (χ0v) is 18.6. The van der Waals surface area contributed by atoms with Gasteiger partial charge in [-0.2, -0.15) is 0 Å². The normalized spacial score (nSPS) is 18.2. The summed E-state index contributed by atoms with van der Waals surface area (Å²) in [4.78, 5) is 29.1. The highest BCUT2D eigenvalue weighted by Crippen LogP contribution is 2.29. The number of hydrogen-bond acceptors (Lipinski definition) is 4. The van der Waals surface area contributed by atoms with Gasteiger partial charge in [-0.1, -0.05) is 6.07 Å². The molecule has 0 aliphatic carbocycles. The van der Waals surface area contributed by atoms with Crippen LogP contribution < -0.4 is 15.1 Å². The smallest absolute Gasteiger partial charge is 0.270 e. The maximum absolute atomic E-state index is 14.8. The molecule has 0 bridgehead atoms. The van der Waals surface area contributed by atoms with Gasteiger partial charge in [0.2, 0.25) is 0 Å². The summed E-state index contributed by atoms with van der Waals surface area (Å²) < 4.78 is 14.8. The lowest BCUT2D eigenvalue weighted by molar-refractivity contribution is -0.122. The van der Waals surface area contributed by atoms with E-state index in [1.807, 2.05) is 37.8 Å². The second kappa shape index (κ2) is 8.23. The van der Waals surface area contributed by atoms with Gasteiger partial charge in [-0.05, 0) is 98.4 Å². The highest BCUT2D eigenvalue weighted by atomic mass is 32.1. The average molecular weight is 438 g/mol. The van der Waals surface area contributed by atoms with Crippen molar-refractivity contribution >= 4 is 46.6 Å². The molecule has 0 radical (unpaired) electrons. The molecule has 4 rings (SSSR count). The van der Waals surface area contributed by atoms with Gasteiger partial charge >= 0.3 is 0 Å². The molecule has 1 N–H and O–H groups in total. The number of aryl methyl sites for hydroxylation is 3. The molecule has 7 heteroatoms. The van der Waals surface area contributed by atoms with Crippen LogP contribution in [-0.2, 0) is 9.59 Å². The molecule has 0 unspecified atom stereocenters. The fourth-order valence-corrected chi connectivity index (χ4v) is 4.23. The Morgan fingerprint density at radius 1 is 1.00 bits per heavy atom. The summed E-state index contributed by atoms with van der Waals surface area (Å²) in [6, 6.07) is 8.71. The van der Waals surface area contributed by atoms with E-state index in [4.69, 9.17) is 12.2 Å². The Kier molecular flexibility index (Phi) is 5.62. The summed E-state index contributed by atoms with van der Waals surface area (Å²) in [7, 11) is 0. The Balaban J connectivity index is 1.71. The van der Waals surface area contributed by atoms with Crippen molar-refractivity contribution < 1.29 is 14.0 Å². The van der Waals surface area contributed by atoms with Crippen molar-refractivity contribution in [2.24, 2.45) is 0 Å². The monoisotopic (exact) mass is 437 g/mol. The molecule has 2 aliphatic heterocycles. The lowest BCUT2D eigenvalue weighted by atomic mass is 10.0. The van der Waals surface area contributed by atoms with Crippen LogP contribution in [0, 0.1) is 26.6 Å². The van der Waals surface area contributed by atoms with E-state index >= 15 is 0 Å². The van der Waals surface area contributed by atoms with E-state index in [0.29, 0.717) is 16.9 Å². The molecule has 160 valence electrons. The van der Waals surface area contributed by atoms with E-state index in [9.17, 15) is 14.0 Å². The van der Waals surface area contributed by atoms with E-state index in [1.54, 1.807) is 12.1 Å². The topological polar surface area (TPSA) is 52.7 Å². The Bertz CT molecular complexity index is 1140. The Labute approximate surface area is 186 Å². The number of carbonyl (C=O) groups is 2. The third kappa shape index (κ3) is 3.97. The van der Waals surface area contributed by atoms with Gasteiger partial charge in [0.25, 0.3) is 11.8 Å². The predicted octanol–water partition coefficient (Wildman–Crippen LogP) is 4.18. The van der Waals surface area contributed by atoms with E-state index in [0.717, 1.165) is 42.6 Å². The summed E-state index contributed by atoms with van der Waals surface area (Å²) in [5.74, 6) is -1.47. The van der Waals surface area contributed by atoms with Gasteiger partial charge in [0.05, 0.1) is 11.4 Å². The zero-order chi connectivity index (χ0) is 22.3. The van der Waals surface area contributed by atoms with Crippen molar-refractivity contribution in [2.45, 2.75) is 33.6 Å². The van der Waals surface area contributed by atoms with Gasteiger partial charge < -0.3 is 4.90 Å². The fourth-order valence-electron chi connectivity index (χ4n) is 3.95. The Morgan fingerprint density at radius 3 is 2.39 bits per heavy atom. The summed E-state index contributed by atoms with van der Waals surface area (Å²) in [6.45, 7) is 7.44. The zero-order valence-electron chi connectivity index (χ0n) is 17.8. The molecule has 2 heterocycles. The van der Waals surface area contributed by atoms with Crippen molar-refractivity contribution in [1.29, 1.82) is 0 Å². The minimum absolute atomic E-state index is 0.0303. The van der Waals surface area contributed by atoms with Crippen molar-refractivity contribution in [3.8, 4) is 0 Å². The van der Waals surface area contributed by atoms with Crippen molar-refractivity contribution in [1.82, 2.24) is 5.32 Å². The van der Waals surface area contributed by atoms with Crippen molar-refractivity contribution in [3.63, 3.8) is 0 Å². The van der Waals surface area contributed by atoms with Crippen molar-refractivity contribution in [3.05, 3.63) is 64.0 Å². The lowest BCUT2D eigenvalue weighted by Crippen LogP contribution is -2.54. The van der Waals surface area contributed by atoms with Gasteiger partial charge in [-0.25, -0.2) is 4.39 Å². The SMILES string of the molecule is Cc1ccc(N2C(=O)C(=Cc3cc(F)c(N4CCCC4)cc3C)C(=O)NC2=S)cc1C. The highest BCUT2D eigenvalue weighted by Gasteiger charge is 2.34. The summed E-state index contributed by atoms with van der Waals surface area (Å²) in [6.07, 6.45) is 3.54. The third-order valence-corrected chi connectivity index (χ3v) is 6.22. The fraction of sp³-hybridized carbons (Fsp3) is 0.292. The van der Waals surface area contributed by atoms with Crippen LogP contribution in [0.5, 0.6) is 0 Å². The van der Waals surface area contributed by atoms with Gasteiger partial charge in [-0.3, -0.25) is 19.8 Å². The summed E-state index contributed by atoms with van der Waals surface area (Å²) in [5.41, 5.74) is 4.44. The quantitative estimate of drug-likeness (QED) is 0.445. The van der Waals surface area contributed by atoms with Crippen LogP contribution in [0.3, 0.4) is 0 Å². The number of hydrogen-bond donors (Lipinski definition) is 1. The predicted molar refractivity (Wildman–Crippen MR) is 125 cm³/mol. The number of amides is 2. The molecule has 2 saturated heterocycles. The first kappa shape index (κ1) is 21.2. The van der Waals surface area contributed by atoms with Crippen molar-refractivity contribution in [2.75, 3.05) is 22.9 Å². The molecule has 31 heavy (non-hydrogen) atoms. The number of benzene rings is 2. The first-order chi connectivity index (χ1) is 14.8. The van der Waals surface area contributed by atoms with E-state index in [2.05, 4.69) is 5.32 Å². The summed E-state index contributed by atoms with van der Waals surface area (Å²) >= 11 is 5.26. The van der Waals surface area contributed by atoms with Crippen LogP contribution >= 0.6 is 12.2 Å². The van der Waals surface area contributed by atoms with Gasteiger partial charge in [0, 0.05) is 13.1 Å². The van der Waals surface area contributed by atoms with Crippen LogP contribution in [0.15, 0.2) is 35.9 Å². The number of carbonyl (C=O) groups excluding carboxylic acids is 2. The summed E-state index contributed by atoms with van der Waals surface area (Å²) in [5, 5.41) is 2.61. The maximum atomic E-state index is 14.8. The highest BCUT2D eigenvalue weighted by molar-refractivity contribution is 7.80. The van der Waals surface area contributed by atoms with Gasteiger partial charge in [0.1, 0.15) is 11.4 Å². The number of thiocarbonyl (C=S) groups is 1. The molecule has 2 aromatic carbocycles. The minimum atomic E-state index is -0.585. The molecule has 0 atom stereocenters. The largest absolute Gasteiger partial charge is 0.369 e. The first-order valence-electron chi connectivity index (χ1n) is 10.3. The minimum Gasteiger partial charge on any atom is -0.369 e. The number of nitrogens with zero attached hydrogens (tertiary/aromatic N) is 2. The standard InChI is InChI=1S/C24H24FN3O2S/c1-14-6-7-18(10-15(14)2)28-23(30)19(22(29)26-24(28)31)12-17-13-20(25)21(11-16(17)3)27-8-4-5-9-27/h6-7,10-13H,4-5,8-9H2,1-3H3,(H,26,29,31). The van der Waals surface area contributed by atoms with E-state index in [1.165, 1.54) is 17.0 Å². The number of nitrogens with one attached hydrogen (secondary N) is 1. The molecule has 2 fully saturated rings. The average Bonchev–Trinajstić information content (AvgIpc) is 3.24. The van der Waals surface area contributed by atoms with E-state index < -0.39 is 11.8 Å². The van der Waals surface area contributed by atoms with Crippen LogP contribution in [-0.4, -0.2) is 30.0 Å². The molecule has 5 nitrogen and oxygen atoms in total.